The Morgan fingerprint density at radius 1 is 0.338 bits per heavy atom. The summed E-state index contributed by atoms with van der Waals surface area (Å²) in [5, 5.41) is 19.7. The van der Waals surface area contributed by atoms with Crippen LogP contribution in [0.5, 0.6) is 0 Å². The van der Waals surface area contributed by atoms with E-state index < -0.39 is 10.8 Å². The molecule has 8 aromatic carbocycles. The fraction of sp³-hybridized carbons (Fsp3) is 0.0323. The van der Waals surface area contributed by atoms with E-state index in [9.17, 15) is 0 Å². The van der Waals surface area contributed by atoms with Crippen LogP contribution in [0.1, 0.15) is 44.5 Å². The molecule has 9 heteroatoms. The monoisotopic (exact) mass is 1270 g/mol. The zero-order valence-corrected chi connectivity index (χ0v) is 42.3. The van der Waals surface area contributed by atoms with Crippen LogP contribution in [0, 0.1) is 24.3 Å². The van der Waals surface area contributed by atoms with Gasteiger partial charge in [-0.15, -0.1) is 102 Å². The fourth-order valence-electron chi connectivity index (χ4n) is 10.1. The molecule has 0 saturated carbocycles. The first kappa shape index (κ1) is 46.9. The van der Waals surface area contributed by atoms with Crippen LogP contribution in [0.3, 0.4) is 0 Å². The van der Waals surface area contributed by atoms with Crippen molar-refractivity contribution in [2.45, 2.75) is 10.8 Å². The van der Waals surface area contributed by atoms with Crippen molar-refractivity contribution in [3.63, 3.8) is 0 Å². The summed E-state index contributed by atoms with van der Waals surface area (Å²) in [7, 11) is 0. The molecule has 4 heterocycles. The van der Waals surface area contributed by atoms with Gasteiger partial charge in [0.05, 0.1) is 0 Å². The quantitative estimate of drug-likeness (QED) is 0.0948. The Morgan fingerprint density at radius 3 is 1.07 bits per heavy atom. The van der Waals surface area contributed by atoms with E-state index in [0.29, 0.717) is 5.95 Å². The molecular weight excluding hydrogens is 1230 g/mol. The van der Waals surface area contributed by atoms with Crippen molar-refractivity contribution in [2.75, 3.05) is 0 Å². The van der Waals surface area contributed by atoms with Crippen molar-refractivity contribution in [3.05, 3.63) is 306 Å². The Kier molecular flexibility index (Phi) is 13.4. The Morgan fingerprint density at radius 2 is 0.704 bits per heavy atom. The summed E-state index contributed by atoms with van der Waals surface area (Å²) in [6.07, 6.45) is 4.98. The molecule has 0 radical (unpaired) electrons. The van der Waals surface area contributed by atoms with Crippen LogP contribution in [0.15, 0.2) is 237 Å². The van der Waals surface area contributed by atoms with Crippen LogP contribution in [0.4, 0.5) is 0 Å². The van der Waals surface area contributed by atoms with Gasteiger partial charge in [0.15, 0.2) is 6.33 Å². The van der Waals surface area contributed by atoms with Crippen LogP contribution < -0.4 is 0 Å². The number of aromatic nitrogens is 7. The molecule has 0 spiro atoms. The van der Waals surface area contributed by atoms with E-state index in [1.165, 1.54) is 6.33 Å². The van der Waals surface area contributed by atoms with Crippen LogP contribution in [-0.4, -0.2) is 34.9 Å². The van der Waals surface area contributed by atoms with Gasteiger partial charge in [-0.3, -0.25) is 0 Å². The summed E-state index contributed by atoms with van der Waals surface area (Å²) in [5.74, 6) is 0.293. The van der Waals surface area contributed by atoms with Gasteiger partial charge in [0.25, 0.3) is 5.95 Å². The van der Waals surface area contributed by atoms with E-state index in [1.807, 2.05) is 53.4 Å². The molecule has 0 aliphatic carbocycles. The minimum Gasteiger partial charge on any atom is -0.326 e. The maximum atomic E-state index is 4.72. The van der Waals surface area contributed by atoms with E-state index in [4.69, 9.17) is 9.97 Å². The molecule has 12 rings (SSSR count). The van der Waals surface area contributed by atoms with Crippen molar-refractivity contribution in [2.24, 2.45) is 0 Å². The maximum absolute atomic E-state index is 4.72. The molecule has 0 amide bonds. The van der Waals surface area contributed by atoms with E-state index in [2.05, 4.69) is 227 Å². The summed E-state index contributed by atoms with van der Waals surface area (Å²) in [4.78, 5) is 9.45. The number of hydrogen-bond acceptors (Lipinski definition) is 6. The van der Waals surface area contributed by atoms with Crippen molar-refractivity contribution in [1.29, 1.82) is 0 Å². The molecule has 0 aliphatic heterocycles. The van der Waals surface area contributed by atoms with Gasteiger partial charge in [0.2, 0.25) is 0 Å². The fourth-order valence-corrected chi connectivity index (χ4v) is 10.1. The minimum atomic E-state index is -0.893. The topological polar surface area (TPSA) is 82.3 Å². The summed E-state index contributed by atoms with van der Waals surface area (Å²) in [6, 6.07) is 91.4. The van der Waals surface area contributed by atoms with Crippen molar-refractivity contribution >= 4 is 21.8 Å². The van der Waals surface area contributed by atoms with Gasteiger partial charge in [-0.05, 0) is 45.8 Å². The number of rotatable bonds is 11. The Balaban J connectivity index is 0.00000291. The van der Waals surface area contributed by atoms with Gasteiger partial charge >= 0.3 is 42.1 Å². The Bertz CT molecular complexity index is 3410. The molecule has 71 heavy (non-hydrogen) atoms. The predicted octanol–water partition coefficient (Wildman–Crippen LogP) is 12.4. The average Bonchev–Trinajstić information content (AvgIpc) is 3.76. The number of nitrogens with zero attached hydrogens (tertiary/aromatic N) is 7. The average molecular weight is 1270 g/mol. The van der Waals surface area contributed by atoms with Crippen LogP contribution >= 0.6 is 0 Å². The third-order valence-electron chi connectivity index (χ3n) is 13.1. The first-order valence-electron chi connectivity index (χ1n) is 22.8. The predicted molar refractivity (Wildman–Crippen MR) is 270 cm³/mol. The van der Waals surface area contributed by atoms with Gasteiger partial charge in [0.1, 0.15) is 0 Å². The molecule has 12 aromatic rings. The first-order valence-corrected chi connectivity index (χ1v) is 22.8. The van der Waals surface area contributed by atoms with E-state index in [-0.39, 0.29) is 42.1 Å². The molecule has 0 N–H and O–H groups in total. The molecule has 0 aliphatic rings. The van der Waals surface area contributed by atoms with E-state index >= 15 is 0 Å². The molecule has 0 fully saturated rings. The SMILES string of the molecule is [Pt+2].[Pt+2].[c-]1c(-c2ccccn2)cccc1C(c1[c-]c2c(cc1)c1ccc(C(c3[c-]c(-c4ccccn4)ccc3)(c3ccccc3)c3ccccc3)[c-]c1n2-c1nncnn1)(c1ccccc1)c1ccccc1. The Hall–Kier alpha value is -7.82. The van der Waals surface area contributed by atoms with Crippen molar-refractivity contribution in [3.8, 4) is 28.5 Å². The minimum absolute atomic E-state index is 0. The largest absolute Gasteiger partial charge is 2.00 e. The molecule has 0 bridgehead atoms. The first-order chi connectivity index (χ1) is 34.2. The van der Waals surface area contributed by atoms with Gasteiger partial charge in [-0.2, -0.15) is 47.2 Å². The third-order valence-corrected chi connectivity index (χ3v) is 13.1. The molecule has 0 unspecified atom stereocenters. The third kappa shape index (κ3) is 8.15. The molecule has 0 atom stereocenters. The second-order valence-corrected chi connectivity index (χ2v) is 16.8. The van der Waals surface area contributed by atoms with Gasteiger partial charge in [-0.1, -0.05) is 157 Å². The summed E-state index contributed by atoms with van der Waals surface area (Å²) >= 11 is 0. The summed E-state index contributed by atoms with van der Waals surface area (Å²) < 4.78 is 2.00. The molecule has 4 aromatic heterocycles. The van der Waals surface area contributed by atoms with Crippen LogP contribution in [-0.2, 0) is 53.0 Å². The number of hydrogen-bond donors (Lipinski definition) is 0. The van der Waals surface area contributed by atoms with Gasteiger partial charge in [0, 0.05) is 23.2 Å². The van der Waals surface area contributed by atoms with Gasteiger partial charge < -0.3 is 14.5 Å². The van der Waals surface area contributed by atoms with Crippen molar-refractivity contribution < 1.29 is 42.1 Å². The zero-order chi connectivity index (χ0) is 46.0. The molecule has 0 saturated heterocycles. The second-order valence-electron chi connectivity index (χ2n) is 16.8. The number of pyridine rings is 2. The number of fused-ring (bicyclic) bond motifs is 3. The normalized spacial score (nSPS) is 11.4. The van der Waals surface area contributed by atoms with Gasteiger partial charge in [-0.25, -0.2) is 0 Å². The van der Waals surface area contributed by atoms with E-state index in [1.54, 1.807) is 0 Å². The Labute approximate surface area is 440 Å². The van der Waals surface area contributed by atoms with Crippen molar-refractivity contribution in [1.82, 2.24) is 34.9 Å². The molecule has 7 nitrogen and oxygen atoms in total. The molecular formula is C62H39N7Pt2. The maximum Gasteiger partial charge on any atom is 2.00 e. The summed E-state index contributed by atoms with van der Waals surface area (Å²) in [6.45, 7) is 0. The summed E-state index contributed by atoms with van der Waals surface area (Å²) in [5.41, 5.74) is 11.0. The van der Waals surface area contributed by atoms with Crippen LogP contribution in [0.2, 0.25) is 0 Å². The number of benzene rings is 8. The van der Waals surface area contributed by atoms with E-state index in [0.717, 1.165) is 88.8 Å². The second kappa shape index (κ2) is 20.3. The standard InChI is InChI=1S/C62H39N7.2Pt/c1-5-21-46(22-6-1)61(47-23-7-2-8-24-47,50-29-17-19-44(39-50)56-31-13-15-37-63-56)52-33-35-54-55-36-34-53(42-59(55)69(58(54)41-52)60-67-65-43-66-68-60)62(48-25-9-3-10-26-48,49-27-11-4-12-28-49)51-30-18-20-45(40-51)57-32-14-16-38-64-57;;/h1-38,43H;;/q-4;2*+2. The van der Waals surface area contributed by atoms with Crippen LogP contribution in [0.25, 0.3) is 50.3 Å². The molecule has 342 valence electrons. The smallest absolute Gasteiger partial charge is 0.326 e. The zero-order valence-electron chi connectivity index (χ0n) is 37.8.